The van der Waals surface area contributed by atoms with Crippen molar-refractivity contribution in [2.24, 2.45) is 0 Å². The van der Waals surface area contributed by atoms with Crippen LogP contribution in [0.5, 0.6) is 11.5 Å². The molecule has 0 bridgehead atoms. The van der Waals surface area contributed by atoms with E-state index in [4.69, 9.17) is 21.1 Å². The first-order chi connectivity index (χ1) is 7.95. The van der Waals surface area contributed by atoms with Gasteiger partial charge < -0.3 is 19.4 Å². The van der Waals surface area contributed by atoms with Crippen molar-refractivity contribution in [1.82, 2.24) is 0 Å². The molecular formula is C12H14ClO4-. The Balaban J connectivity index is 2.65. The van der Waals surface area contributed by atoms with Gasteiger partial charge in [0, 0.05) is 0 Å². The molecule has 0 heterocycles. The highest BCUT2D eigenvalue weighted by atomic mass is 35.5. The van der Waals surface area contributed by atoms with E-state index in [0.717, 1.165) is 0 Å². The fourth-order valence-electron chi connectivity index (χ4n) is 1.10. The molecule has 1 aromatic carbocycles. The summed E-state index contributed by atoms with van der Waals surface area (Å²) in [5.41, 5.74) is -1.36. The quantitative estimate of drug-likeness (QED) is 0.719. The van der Waals surface area contributed by atoms with Crippen molar-refractivity contribution in [3.8, 4) is 11.5 Å². The number of carbonyl (C=O) groups is 1. The highest BCUT2D eigenvalue weighted by Crippen LogP contribution is 2.21. The predicted molar refractivity (Wildman–Crippen MR) is 62.4 cm³/mol. The van der Waals surface area contributed by atoms with Crippen LogP contribution >= 0.6 is 11.6 Å². The third kappa shape index (κ3) is 4.15. The number of ether oxygens (including phenoxy) is 2. The van der Waals surface area contributed by atoms with Crippen molar-refractivity contribution < 1.29 is 19.4 Å². The van der Waals surface area contributed by atoms with Gasteiger partial charge in [-0.05, 0) is 38.1 Å². The molecule has 0 amide bonds. The van der Waals surface area contributed by atoms with Gasteiger partial charge in [0.25, 0.3) is 0 Å². The van der Waals surface area contributed by atoms with Crippen molar-refractivity contribution in [1.29, 1.82) is 0 Å². The smallest absolute Gasteiger partial charge is 0.143 e. The maximum Gasteiger partial charge on any atom is 0.143 e. The lowest BCUT2D eigenvalue weighted by Crippen LogP contribution is -2.47. The van der Waals surface area contributed by atoms with E-state index in [-0.39, 0.29) is 0 Å². The molecule has 94 valence electrons. The summed E-state index contributed by atoms with van der Waals surface area (Å²) in [6, 6.07) is 6.64. The maximum atomic E-state index is 10.8. The number of rotatable bonds is 6. The highest BCUT2D eigenvalue weighted by Gasteiger charge is 2.21. The number of hydrogen-bond acceptors (Lipinski definition) is 4. The number of benzene rings is 1. The molecule has 0 saturated heterocycles. The van der Waals surface area contributed by atoms with Crippen LogP contribution in [0, 0.1) is 0 Å². The van der Waals surface area contributed by atoms with E-state index in [1.165, 1.54) is 13.8 Å². The Morgan fingerprint density at radius 2 is 1.82 bits per heavy atom. The first-order valence-corrected chi connectivity index (χ1v) is 5.68. The van der Waals surface area contributed by atoms with Gasteiger partial charge in [-0.1, -0.05) is 0 Å². The summed E-state index contributed by atoms with van der Waals surface area (Å²) in [6.07, 6.45) is 0. The van der Waals surface area contributed by atoms with Gasteiger partial charge in [-0.3, -0.25) is 0 Å². The number of carbonyl (C=O) groups excluding carboxylic acids is 1. The number of alkyl halides is 1. The molecule has 0 atom stereocenters. The molecule has 0 spiro atoms. The van der Waals surface area contributed by atoms with E-state index >= 15 is 0 Å². The average Bonchev–Trinajstić information content (AvgIpc) is 2.27. The van der Waals surface area contributed by atoms with E-state index in [1.807, 2.05) is 0 Å². The standard InChI is InChI=1S/C12H15ClO4/c1-12(2,11(14)15)17-10-5-3-9(4-6-10)16-8-7-13/h3-6H,7-8H2,1-2H3,(H,14,15)/p-1. The van der Waals surface area contributed by atoms with Crippen LogP contribution in [-0.2, 0) is 4.79 Å². The number of hydrogen-bond donors (Lipinski definition) is 0. The van der Waals surface area contributed by atoms with E-state index in [0.29, 0.717) is 24.0 Å². The topological polar surface area (TPSA) is 58.6 Å². The van der Waals surface area contributed by atoms with E-state index < -0.39 is 11.6 Å². The minimum absolute atomic E-state index is 0.413. The van der Waals surface area contributed by atoms with Gasteiger partial charge in [0.2, 0.25) is 0 Å². The lowest BCUT2D eigenvalue weighted by molar-refractivity contribution is -0.320. The molecule has 17 heavy (non-hydrogen) atoms. The zero-order valence-corrected chi connectivity index (χ0v) is 10.5. The summed E-state index contributed by atoms with van der Waals surface area (Å²) in [6.45, 7) is 3.28. The van der Waals surface area contributed by atoms with Gasteiger partial charge in [-0.2, -0.15) is 0 Å². The molecule has 0 aliphatic heterocycles. The normalized spacial score (nSPS) is 11.0. The number of carboxylic acid groups (broad SMARTS) is 1. The summed E-state index contributed by atoms with van der Waals surface area (Å²) in [7, 11) is 0. The second-order valence-electron chi connectivity index (χ2n) is 3.91. The largest absolute Gasteiger partial charge is 0.546 e. The van der Waals surface area contributed by atoms with Crippen LogP contribution in [0.2, 0.25) is 0 Å². The van der Waals surface area contributed by atoms with Gasteiger partial charge in [-0.25, -0.2) is 0 Å². The summed E-state index contributed by atoms with van der Waals surface area (Å²) in [5, 5.41) is 10.8. The van der Waals surface area contributed by atoms with Crippen molar-refractivity contribution >= 4 is 17.6 Å². The number of halogens is 1. The van der Waals surface area contributed by atoms with Crippen LogP contribution in [0.1, 0.15) is 13.8 Å². The van der Waals surface area contributed by atoms with Crippen LogP contribution in [0.3, 0.4) is 0 Å². The molecule has 0 aromatic heterocycles. The van der Waals surface area contributed by atoms with Gasteiger partial charge in [0.15, 0.2) is 0 Å². The molecule has 1 rings (SSSR count). The van der Waals surface area contributed by atoms with Gasteiger partial charge in [-0.15, -0.1) is 11.6 Å². The molecule has 1 aromatic rings. The van der Waals surface area contributed by atoms with Crippen LogP contribution in [0.25, 0.3) is 0 Å². The Bertz CT molecular complexity index is 373. The number of aliphatic carboxylic acids is 1. The molecule has 4 nitrogen and oxygen atoms in total. The fraction of sp³-hybridized carbons (Fsp3) is 0.417. The second kappa shape index (κ2) is 5.77. The Kier molecular flexibility index (Phi) is 4.63. The summed E-state index contributed by atoms with van der Waals surface area (Å²) >= 11 is 5.48. The third-order valence-electron chi connectivity index (χ3n) is 2.03. The zero-order chi connectivity index (χ0) is 12.9. The molecule has 0 radical (unpaired) electrons. The SMILES string of the molecule is CC(C)(Oc1ccc(OCCCl)cc1)C(=O)[O-]. The second-order valence-corrected chi connectivity index (χ2v) is 4.29. The molecule has 0 fully saturated rings. The predicted octanol–water partition coefficient (Wildman–Crippen LogP) is 1.21. The van der Waals surface area contributed by atoms with Crippen LogP contribution in [0.15, 0.2) is 24.3 Å². The maximum absolute atomic E-state index is 10.8. The monoisotopic (exact) mass is 257 g/mol. The minimum atomic E-state index is -1.36. The van der Waals surface area contributed by atoms with Crippen LogP contribution in [-0.4, -0.2) is 24.1 Å². The highest BCUT2D eigenvalue weighted by molar-refractivity contribution is 6.18. The lowest BCUT2D eigenvalue weighted by Gasteiger charge is -2.27. The summed E-state index contributed by atoms with van der Waals surface area (Å²) in [4.78, 5) is 10.8. The van der Waals surface area contributed by atoms with E-state index in [2.05, 4.69) is 0 Å². The number of carboxylic acids is 1. The molecule has 5 heteroatoms. The first-order valence-electron chi connectivity index (χ1n) is 5.15. The van der Waals surface area contributed by atoms with E-state index in [1.54, 1.807) is 24.3 Å². The van der Waals surface area contributed by atoms with Crippen molar-refractivity contribution in [3.05, 3.63) is 24.3 Å². The lowest BCUT2D eigenvalue weighted by atomic mass is 10.1. The first kappa shape index (κ1) is 13.6. The Labute approximate surface area is 105 Å². The molecule has 0 aliphatic rings. The Morgan fingerprint density at radius 3 is 2.29 bits per heavy atom. The molecule has 0 N–H and O–H groups in total. The summed E-state index contributed by atoms with van der Waals surface area (Å²) in [5.74, 6) is 0.248. The van der Waals surface area contributed by atoms with Crippen molar-refractivity contribution in [2.75, 3.05) is 12.5 Å². The van der Waals surface area contributed by atoms with Gasteiger partial charge >= 0.3 is 0 Å². The Hall–Kier alpha value is -1.42. The molecule has 0 saturated carbocycles. The van der Waals surface area contributed by atoms with Gasteiger partial charge in [0.05, 0.1) is 11.8 Å². The van der Waals surface area contributed by atoms with Crippen LogP contribution in [0.4, 0.5) is 0 Å². The Morgan fingerprint density at radius 1 is 1.29 bits per heavy atom. The fourth-order valence-corrected chi connectivity index (χ4v) is 1.17. The van der Waals surface area contributed by atoms with Crippen LogP contribution < -0.4 is 14.6 Å². The van der Waals surface area contributed by atoms with E-state index in [9.17, 15) is 9.90 Å². The molecule has 0 unspecified atom stereocenters. The third-order valence-corrected chi connectivity index (χ3v) is 2.19. The van der Waals surface area contributed by atoms with Crippen molar-refractivity contribution in [2.45, 2.75) is 19.4 Å². The minimum Gasteiger partial charge on any atom is -0.546 e. The summed E-state index contributed by atoms with van der Waals surface area (Å²) < 4.78 is 10.6. The van der Waals surface area contributed by atoms with Gasteiger partial charge in [0.1, 0.15) is 23.7 Å². The van der Waals surface area contributed by atoms with Crippen molar-refractivity contribution in [3.63, 3.8) is 0 Å². The molecular weight excluding hydrogens is 244 g/mol. The molecule has 0 aliphatic carbocycles. The zero-order valence-electron chi connectivity index (χ0n) is 9.73. The average molecular weight is 258 g/mol.